The number of aromatic nitrogens is 2. The predicted molar refractivity (Wildman–Crippen MR) is 34.5 cm³/mol. The Morgan fingerprint density at radius 1 is 1.90 bits per heavy atom. The van der Waals surface area contributed by atoms with Crippen molar-refractivity contribution in [2.75, 3.05) is 0 Å². The van der Waals surface area contributed by atoms with E-state index in [1.54, 1.807) is 24.0 Å². The number of hydrogen-bond acceptors (Lipinski definition) is 2. The highest BCUT2D eigenvalue weighted by Gasteiger charge is 2.03. The zero-order valence-corrected chi connectivity index (χ0v) is 5.61. The highest BCUT2D eigenvalue weighted by atomic mass is 16.4. The molecule has 4 nitrogen and oxygen atoms in total. The van der Waals surface area contributed by atoms with E-state index >= 15 is 0 Å². The third kappa shape index (κ3) is 1.34. The second-order valence-corrected chi connectivity index (χ2v) is 2.02. The first-order chi connectivity index (χ1) is 4.70. The fraction of sp³-hybridized carbons (Fsp3) is 0.333. The van der Waals surface area contributed by atoms with Gasteiger partial charge in [0.05, 0.1) is 0 Å². The molecule has 0 aliphatic carbocycles. The highest BCUT2D eigenvalue weighted by molar-refractivity contribution is 5.69. The molecule has 1 aromatic heterocycles. The summed E-state index contributed by atoms with van der Waals surface area (Å²) in [6.07, 6.45) is 3.29. The number of carbonyl (C=O) groups is 1. The number of carboxylic acid groups (broad SMARTS) is 1. The summed E-state index contributed by atoms with van der Waals surface area (Å²) in [7, 11) is 1.77. The van der Waals surface area contributed by atoms with Gasteiger partial charge in [0.1, 0.15) is 12.2 Å². The molecule has 54 valence electrons. The smallest absolute Gasteiger partial charge is 0.311 e. The molecule has 10 heavy (non-hydrogen) atoms. The van der Waals surface area contributed by atoms with Crippen molar-refractivity contribution in [2.45, 2.75) is 6.42 Å². The molecule has 1 aromatic rings. The van der Waals surface area contributed by atoms with Gasteiger partial charge in [-0.25, -0.2) is 4.98 Å². The van der Waals surface area contributed by atoms with Crippen molar-refractivity contribution in [2.24, 2.45) is 7.05 Å². The maximum Gasteiger partial charge on any atom is 0.311 e. The summed E-state index contributed by atoms with van der Waals surface area (Å²) in [6, 6.07) is 0. The Labute approximate surface area is 58.1 Å². The minimum absolute atomic E-state index is 0.0104. The van der Waals surface area contributed by atoms with Gasteiger partial charge in [-0.3, -0.25) is 4.79 Å². The molecule has 0 saturated heterocycles. The third-order valence-electron chi connectivity index (χ3n) is 1.23. The van der Waals surface area contributed by atoms with Crippen LogP contribution in [0.4, 0.5) is 0 Å². The maximum atomic E-state index is 10.2. The van der Waals surface area contributed by atoms with Crippen LogP contribution in [0.2, 0.25) is 0 Å². The Morgan fingerprint density at radius 3 is 3.00 bits per heavy atom. The van der Waals surface area contributed by atoms with E-state index < -0.39 is 5.97 Å². The summed E-state index contributed by atoms with van der Waals surface area (Å²) in [5.41, 5.74) is 0. The molecule has 0 saturated carbocycles. The molecule has 0 spiro atoms. The fourth-order valence-corrected chi connectivity index (χ4v) is 0.702. The van der Waals surface area contributed by atoms with E-state index in [1.165, 1.54) is 0 Å². The first-order valence-corrected chi connectivity index (χ1v) is 2.88. The first kappa shape index (κ1) is 6.80. The standard InChI is InChI=1S/C6H8N2O2/c1-8-3-2-7-5(8)4-6(9)10/h2-3H,4H2,1H3,(H,9,10). The highest BCUT2D eigenvalue weighted by Crippen LogP contribution is 1.94. The van der Waals surface area contributed by atoms with E-state index in [0.717, 1.165) is 0 Å². The number of carboxylic acids is 1. The van der Waals surface area contributed by atoms with Crippen LogP contribution in [0.1, 0.15) is 5.82 Å². The molecule has 0 unspecified atom stereocenters. The molecule has 0 atom stereocenters. The van der Waals surface area contributed by atoms with E-state index in [-0.39, 0.29) is 6.42 Å². The average Bonchev–Trinajstić information content (AvgIpc) is 2.15. The van der Waals surface area contributed by atoms with Crippen LogP contribution in [0.15, 0.2) is 12.4 Å². The number of nitrogens with zero attached hydrogens (tertiary/aromatic N) is 2. The molecular formula is C6H8N2O2. The molecule has 4 heteroatoms. The summed E-state index contributed by atoms with van der Waals surface area (Å²) in [5.74, 6) is -0.276. The lowest BCUT2D eigenvalue weighted by Gasteiger charge is -1.94. The molecular weight excluding hydrogens is 132 g/mol. The van der Waals surface area contributed by atoms with E-state index in [4.69, 9.17) is 5.11 Å². The number of aryl methyl sites for hydroxylation is 1. The topological polar surface area (TPSA) is 55.1 Å². The van der Waals surface area contributed by atoms with E-state index in [9.17, 15) is 4.79 Å². The van der Waals surface area contributed by atoms with Crippen molar-refractivity contribution in [3.63, 3.8) is 0 Å². The van der Waals surface area contributed by atoms with E-state index in [0.29, 0.717) is 5.82 Å². The van der Waals surface area contributed by atoms with Gasteiger partial charge in [0.25, 0.3) is 0 Å². The summed E-state index contributed by atoms with van der Waals surface area (Å²) >= 11 is 0. The lowest BCUT2D eigenvalue weighted by molar-refractivity contribution is -0.136. The molecule has 0 radical (unpaired) electrons. The zero-order chi connectivity index (χ0) is 7.56. The van der Waals surface area contributed by atoms with Gasteiger partial charge >= 0.3 is 5.97 Å². The van der Waals surface area contributed by atoms with Crippen molar-refractivity contribution < 1.29 is 9.90 Å². The van der Waals surface area contributed by atoms with Gasteiger partial charge in [0, 0.05) is 19.4 Å². The number of rotatable bonds is 2. The Hall–Kier alpha value is -1.32. The largest absolute Gasteiger partial charge is 0.481 e. The quantitative estimate of drug-likeness (QED) is 0.631. The lowest BCUT2D eigenvalue weighted by atomic mass is 10.4. The molecule has 0 aliphatic heterocycles. The average molecular weight is 140 g/mol. The van der Waals surface area contributed by atoms with Crippen LogP contribution in [0.5, 0.6) is 0 Å². The van der Waals surface area contributed by atoms with Crippen LogP contribution in [-0.4, -0.2) is 20.6 Å². The van der Waals surface area contributed by atoms with Crippen LogP contribution in [0, 0.1) is 0 Å². The Balaban J connectivity index is 2.74. The molecule has 0 bridgehead atoms. The van der Waals surface area contributed by atoms with E-state index in [2.05, 4.69) is 4.98 Å². The van der Waals surface area contributed by atoms with Gasteiger partial charge < -0.3 is 9.67 Å². The Bertz CT molecular complexity index is 242. The van der Waals surface area contributed by atoms with Crippen molar-refractivity contribution in [1.29, 1.82) is 0 Å². The van der Waals surface area contributed by atoms with Crippen molar-refractivity contribution >= 4 is 5.97 Å². The van der Waals surface area contributed by atoms with Crippen LogP contribution in [0.3, 0.4) is 0 Å². The predicted octanol–water partition coefficient (Wildman–Crippen LogP) is 0.0472. The second-order valence-electron chi connectivity index (χ2n) is 2.02. The van der Waals surface area contributed by atoms with Gasteiger partial charge in [-0.15, -0.1) is 0 Å². The summed E-state index contributed by atoms with van der Waals surface area (Å²) in [4.78, 5) is 14.0. The molecule has 1 N–H and O–H groups in total. The Kier molecular flexibility index (Phi) is 1.71. The molecule has 0 aromatic carbocycles. The maximum absolute atomic E-state index is 10.2. The molecule has 0 fully saturated rings. The van der Waals surface area contributed by atoms with Crippen molar-refractivity contribution in [3.05, 3.63) is 18.2 Å². The van der Waals surface area contributed by atoms with Crippen molar-refractivity contribution in [1.82, 2.24) is 9.55 Å². The number of imidazole rings is 1. The molecule has 1 rings (SSSR count). The van der Waals surface area contributed by atoms with Gasteiger partial charge in [0.15, 0.2) is 0 Å². The number of aliphatic carboxylic acids is 1. The normalized spacial score (nSPS) is 9.70. The van der Waals surface area contributed by atoms with Crippen LogP contribution < -0.4 is 0 Å². The minimum Gasteiger partial charge on any atom is -0.481 e. The monoisotopic (exact) mass is 140 g/mol. The fourth-order valence-electron chi connectivity index (χ4n) is 0.702. The van der Waals surface area contributed by atoms with Crippen molar-refractivity contribution in [3.8, 4) is 0 Å². The SMILES string of the molecule is Cn1ccnc1CC(=O)O. The van der Waals surface area contributed by atoms with Gasteiger partial charge in [-0.1, -0.05) is 0 Å². The molecule has 1 heterocycles. The molecule has 0 aliphatic rings. The summed E-state index contributed by atoms with van der Waals surface area (Å²) < 4.78 is 1.69. The van der Waals surface area contributed by atoms with Gasteiger partial charge in [-0.05, 0) is 0 Å². The summed E-state index contributed by atoms with van der Waals surface area (Å²) in [5, 5.41) is 8.36. The van der Waals surface area contributed by atoms with E-state index in [1.807, 2.05) is 0 Å². The lowest BCUT2D eigenvalue weighted by Crippen LogP contribution is -2.05. The number of hydrogen-bond donors (Lipinski definition) is 1. The van der Waals surface area contributed by atoms with Crippen LogP contribution in [-0.2, 0) is 18.3 Å². The molecule has 0 amide bonds. The minimum atomic E-state index is -0.852. The Morgan fingerprint density at radius 2 is 2.60 bits per heavy atom. The van der Waals surface area contributed by atoms with Crippen LogP contribution in [0.25, 0.3) is 0 Å². The zero-order valence-electron chi connectivity index (χ0n) is 5.61. The second kappa shape index (κ2) is 2.51. The van der Waals surface area contributed by atoms with Gasteiger partial charge in [0.2, 0.25) is 0 Å². The van der Waals surface area contributed by atoms with Gasteiger partial charge in [-0.2, -0.15) is 0 Å². The first-order valence-electron chi connectivity index (χ1n) is 2.88. The third-order valence-corrected chi connectivity index (χ3v) is 1.23. The summed E-state index contributed by atoms with van der Waals surface area (Å²) in [6.45, 7) is 0. The van der Waals surface area contributed by atoms with Crippen LogP contribution >= 0.6 is 0 Å².